The summed E-state index contributed by atoms with van der Waals surface area (Å²) in [6.45, 7) is 0.563. The van der Waals surface area contributed by atoms with Crippen LogP contribution in [-0.2, 0) is 114 Å². The van der Waals surface area contributed by atoms with Gasteiger partial charge in [-0.25, -0.2) is 24.0 Å². The maximum atomic E-state index is 13.3. The Hall–Kier alpha value is -3.11. The van der Waals surface area contributed by atoms with E-state index in [1.54, 1.807) is 0 Å². The maximum Gasteiger partial charge on any atom is 1.00 e. The minimum Gasteiger partial charge on any atom is -0.767 e. The van der Waals surface area contributed by atoms with Crippen molar-refractivity contribution in [3.8, 4) is 0 Å². The summed E-state index contributed by atoms with van der Waals surface area (Å²) in [6.07, 6.45) is 28.2. The number of esters is 4. The van der Waals surface area contributed by atoms with Gasteiger partial charge in [0.05, 0.1) is 48.7 Å². The van der Waals surface area contributed by atoms with Crippen LogP contribution in [-0.4, -0.2) is 117 Å². The van der Waals surface area contributed by atoms with Crippen LogP contribution in [0.2, 0.25) is 0 Å². The molecule has 16 bridgehead atoms. The molecule has 24 nitrogen and oxygen atoms in total. The van der Waals surface area contributed by atoms with Crippen molar-refractivity contribution in [3.63, 3.8) is 0 Å². The number of aliphatic hydroxyl groups is 1. The monoisotopic (exact) mass is 2150 g/mol. The number of aliphatic hydroxyl groups excluding tert-OH is 1. The Morgan fingerprint density at radius 3 is 0.688 bits per heavy atom. The van der Waals surface area contributed by atoms with Crippen LogP contribution in [0, 0.1) is 92.7 Å². The molecule has 6 aromatic carbocycles. The van der Waals surface area contributed by atoms with Gasteiger partial charge in [-0.05, 0) is 303 Å². The molecule has 2 N–H and O–H groups in total. The van der Waals surface area contributed by atoms with E-state index in [1.165, 1.54) is 126 Å². The van der Waals surface area contributed by atoms with Crippen LogP contribution in [0.4, 0.5) is 47.8 Å². The van der Waals surface area contributed by atoms with Crippen LogP contribution in [0.5, 0.6) is 0 Å². The smallest absolute Gasteiger partial charge is 0.767 e. The van der Waals surface area contributed by atoms with Crippen LogP contribution in [0.3, 0.4) is 0 Å². The summed E-state index contributed by atoms with van der Waals surface area (Å²) in [4.78, 5) is 61.7. The van der Waals surface area contributed by atoms with Gasteiger partial charge in [0.25, 0.3) is 0 Å². The number of ether oxygens (including phenoxy) is 4. The van der Waals surface area contributed by atoms with Gasteiger partial charge in [0, 0.05) is 33.9 Å². The largest absolute Gasteiger partial charge is 1.00 e. The normalized spacial score (nSPS) is 27.0. The first kappa shape index (κ1) is 124. The number of hydrogen-bond acceptors (Lipinski definition) is 26. The molecule has 0 spiro atoms. The van der Waals surface area contributed by atoms with E-state index in [-0.39, 0.29) is 171 Å². The number of carboxylic acid groups (broad SMARTS) is 1. The minimum absolute atomic E-state index is 0. The SMILES string of the molecule is COC(=O)C(F)(F)S(=O)(=O)F.Cl.Cl.O=C(O)C(F)(F)S(=O)[O-].O=C(OCC12CC3CC(CC(C3)C1)C2)C(F)(F)SOO[O-].O=C(OCC12CC3CC(CC(C3)C1)C2)C(F)(F)SOO[O-].O=C(OCC12CC3CC(CC(C3)C1)C2)C(F)(F)SOO[O-].OCC12CC3CC(CC(C3)C1)C2.[Na+].[Na+].[Na+].c1ccc([S+](c2ccccc2)c2ccccc2)cc1.c1ccc([S+](c2ccccc2)c2ccccc2)cc1. The average molecular weight is 2160 g/mol. The zero-order valence-electron chi connectivity index (χ0n) is 75.8. The molecule has 0 radical (unpaired) electrons. The molecule has 16 aliphatic carbocycles. The van der Waals surface area contributed by atoms with Gasteiger partial charge in [-0.15, -0.1) is 24.8 Å². The van der Waals surface area contributed by atoms with Gasteiger partial charge in [0.2, 0.25) is 0 Å². The third-order valence-electron chi connectivity index (χ3n) is 26.8. The summed E-state index contributed by atoms with van der Waals surface area (Å²) in [6, 6.07) is 64.3. The molecule has 0 saturated heterocycles. The van der Waals surface area contributed by atoms with Gasteiger partial charge in [0.15, 0.2) is 29.4 Å². The van der Waals surface area contributed by atoms with Gasteiger partial charge in [-0.2, -0.15) is 65.3 Å². The van der Waals surface area contributed by atoms with Crippen molar-refractivity contribution in [2.45, 2.75) is 210 Å². The summed E-state index contributed by atoms with van der Waals surface area (Å²) in [5, 5.41) is 32.5. The van der Waals surface area contributed by atoms with Crippen LogP contribution in [0.25, 0.3) is 0 Å². The number of carbonyl (C=O) groups excluding carboxylic acids is 4. The van der Waals surface area contributed by atoms with Crippen molar-refractivity contribution in [1.82, 2.24) is 0 Å². The second-order valence-electron chi connectivity index (χ2n) is 36.8. The molecule has 0 amide bonds. The van der Waals surface area contributed by atoms with E-state index in [2.05, 4.69) is 215 Å². The molecule has 748 valence electrons. The molecule has 22 rings (SSSR count). The first-order chi connectivity index (χ1) is 63.1. The number of methoxy groups -OCH3 is 1. The fraction of sp³-hybridized carbons (Fsp3) is 0.549. The topological polar surface area (TPSA) is 362 Å². The van der Waals surface area contributed by atoms with Crippen molar-refractivity contribution in [2.75, 3.05) is 33.5 Å². The Labute approximate surface area is 893 Å². The zero-order chi connectivity index (χ0) is 96.2. The number of benzene rings is 6. The van der Waals surface area contributed by atoms with E-state index in [1.807, 2.05) is 0 Å². The summed E-state index contributed by atoms with van der Waals surface area (Å²) >= 11 is -5.81. The van der Waals surface area contributed by atoms with Gasteiger partial charge in [0.1, 0.15) is 36.1 Å². The number of alkyl halides is 10. The van der Waals surface area contributed by atoms with Gasteiger partial charge in [-0.3, -0.25) is 19.3 Å². The predicted octanol–water partition coefficient (Wildman–Crippen LogP) is 9.84. The van der Waals surface area contributed by atoms with Crippen LogP contribution >= 0.6 is 60.9 Å². The van der Waals surface area contributed by atoms with E-state index in [0.717, 1.165) is 75.5 Å². The standard InChI is InChI=1S/2C18H15S.3C13H18F2O5S.C11H18O.C3H3F3O4S.C2H2F2O4S.2ClH.3Na/c2*1-4-10-16(11-5-1)19(17-12-6-2-7-13-17)18-14-8-3-9-15-18;3*14-13(15,21-20-19-17)11(16)18-7-12-4-8-1-9(5-12)3-10(2-8)6-12;12-7-11-4-8-1-9(5-11)3-10(2-8)6-11;1-10-2(7)3(4,5)11(6,8)9;3-2(4,1(5)6)9(7)8;;;;;/h2*1-15H;3*8-10,17H,1-7H2;8-10,12H,1-7H2;1H3;(H,5,6)(H,7,8);2*1H;;;/q2*+1;;;;;;;;;3*+1/p-4. The van der Waals surface area contributed by atoms with Crippen molar-refractivity contribution < 1.29 is 251 Å². The van der Waals surface area contributed by atoms with E-state index in [0.29, 0.717) is 72.4 Å². The molecule has 6 aromatic rings. The maximum absolute atomic E-state index is 13.3. The van der Waals surface area contributed by atoms with Crippen LogP contribution in [0.1, 0.15) is 154 Å². The molecule has 1 unspecified atom stereocenters. The van der Waals surface area contributed by atoms with Crippen molar-refractivity contribution in [2.24, 2.45) is 92.7 Å². The minimum atomic E-state index is -6.22. The van der Waals surface area contributed by atoms with Crippen LogP contribution in [0.15, 0.2) is 211 Å². The molecule has 0 aliphatic heterocycles. The molecule has 1 atom stereocenters. The summed E-state index contributed by atoms with van der Waals surface area (Å²) in [7, 11) is -5.74. The molecule has 138 heavy (non-hydrogen) atoms. The van der Waals surface area contributed by atoms with E-state index in [9.17, 15) is 110 Å². The molecule has 16 fully saturated rings. The predicted molar refractivity (Wildman–Crippen MR) is 472 cm³/mol. The number of carbonyl (C=O) groups is 5. The fourth-order valence-electron chi connectivity index (χ4n) is 23.5. The van der Waals surface area contributed by atoms with Gasteiger partial charge >= 0.3 is 155 Å². The molecule has 16 saturated carbocycles. The Morgan fingerprint density at radius 2 is 0.558 bits per heavy atom. The van der Waals surface area contributed by atoms with Gasteiger partial charge < -0.3 is 49.5 Å². The van der Waals surface area contributed by atoms with Gasteiger partial charge in [-0.1, -0.05) is 113 Å². The van der Waals surface area contributed by atoms with E-state index >= 15 is 0 Å². The molecule has 16 aliphatic rings. The quantitative estimate of drug-likeness (QED) is 0.00421. The number of rotatable bonds is 29. The first-order valence-electron chi connectivity index (χ1n) is 43.2. The number of carboxylic acids is 1. The van der Waals surface area contributed by atoms with E-state index in [4.69, 9.17) is 19.3 Å². The van der Waals surface area contributed by atoms with Crippen LogP contribution < -0.4 is 104 Å². The zero-order valence-corrected chi connectivity index (χ0v) is 89.1. The van der Waals surface area contributed by atoms with E-state index < -0.39 is 114 Å². The second kappa shape index (κ2) is 55.8. The Bertz CT molecular complexity index is 4260. The Balaban J connectivity index is 0.000000244. The molecule has 47 heteroatoms. The number of aliphatic carboxylic acids is 1. The summed E-state index contributed by atoms with van der Waals surface area (Å²) < 4.78 is 204. The molecule has 0 heterocycles. The molecule has 0 aromatic heterocycles. The third-order valence-corrected chi connectivity index (χ3v) is 34.1. The number of halogens is 13. The number of hydrogen-bond donors (Lipinski definition) is 2. The summed E-state index contributed by atoms with van der Waals surface area (Å²) in [5.41, 5.74) is 0.0257. The molecular weight excluding hydrogens is 2050 g/mol. The Morgan fingerprint density at radius 1 is 0.377 bits per heavy atom. The van der Waals surface area contributed by atoms with Crippen molar-refractivity contribution >= 4 is 134 Å². The third kappa shape index (κ3) is 34.2. The van der Waals surface area contributed by atoms with Crippen molar-refractivity contribution in [3.05, 3.63) is 182 Å². The van der Waals surface area contributed by atoms with Crippen molar-refractivity contribution in [1.29, 1.82) is 0 Å². The molecular formula is C91H105Cl2F11Na3O24S7+. The summed E-state index contributed by atoms with van der Waals surface area (Å²) in [5.74, 6) is -1.30. The second-order valence-corrected chi connectivity index (χ2v) is 45.6. The first-order valence-corrected chi connectivity index (χ1v) is 50.3. The Kier molecular flexibility index (Phi) is 49.9. The average Bonchev–Trinajstić information content (AvgIpc) is 0.762. The fourth-order valence-corrected chi connectivity index (χ4v) is 28.9.